The van der Waals surface area contributed by atoms with Crippen molar-refractivity contribution >= 4 is 5.97 Å². The fourth-order valence-corrected chi connectivity index (χ4v) is 3.81. The lowest BCUT2D eigenvalue weighted by molar-refractivity contribution is -0.160. The Kier molecular flexibility index (Phi) is 7.15. The van der Waals surface area contributed by atoms with Crippen molar-refractivity contribution in [3.63, 3.8) is 0 Å². The van der Waals surface area contributed by atoms with Crippen LogP contribution in [0.5, 0.6) is 28.7 Å². The fourth-order valence-electron chi connectivity index (χ4n) is 3.81. The van der Waals surface area contributed by atoms with Crippen molar-refractivity contribution in [2.75, 3.05) is 0 Å². The summed E-state index contributed by atoms with van der Waals surface area (Å²) < 4.78 is 11.8. The topological polar surface area (TPSA) is 116 Å². The van der Waals surface area contributed by atoms with E-state index in [0.29, 0.717) is 11.1 Å². The van der Waals surface area contributed by atoms with Gasteiger partial charge in [0.05, 0.1) is 5.92 Å². The molecule has 0 unspecified atom stereocenters. The zero-order chi connectivity index (χ0) is 22.5. The zero-order valence-corrected chi connectivity index (χ0v) is 17.9. The Morgan fingerprint density at radius 3 is 2.55 bits per heavy atom. The molecule has 2 aromatic rings. The van der Waals surface area contributed by atoms with Gasteiger partial charge in [-0.15, -0.1) is 0 Å². The molecule has 4 N–H and O–H groups in total. The molecule has 0 saturated carbocycles. The number of hydrogen-bond donors (Lipinski definition) is 4. The SMILES string of the molecule is CCCCCC[C@H](C)C(=O)O[C@H]1Cc2c(O)cc(O)cc2O[C@@H]1c1ccc(O)c(O)c1. The minimum Gasteiger partial charge on any atom is -0.508 e. The number of fused-ring (bicyclic) bond motifs is 1. The van der Waals surface area contributed by atoms with E-state index in [4.69, 9.17) is 9.47 Å². The number of benzene rings is 2. The number of esters is 1. The van der Waals surface area contributed by atoms with Gasteiger partial charge in [0.25, 0.3) is 0 Å². The maximum atomic E-state index is 12.8. The number of rotatable bonds is 8. The highest BCUT2D eigenvalue weighted by Crippen LogP contribution is 2.44. The van der Waals surface area contributed by atoms with Crippen LogP contribution in [0, 0.1) is 5.92 Å². The summed E-state index contributed by atoms with van der Waals surface area (Å²) in [7, 11) is 0. The average molecular weight is 430 g/mol. The van der Waals surface area contributed by atoms with E-state index in [-0.39, 0.29) is 47.1 Å². The van der Waals surface area contributed by atoms with Crippen LogP contribution in [-0.2, 0) is 16.0 Å². The maximum absolute atomic E-state index is 12.8. The van der Waals surface area contributed by atoms with Gasteiger partial charge >= 0.3 is 5.97 Å². The summed E-state index contributed by atoms with van der Waals surface area (Å²) in [6.07, 6.45) is 3.65. The molecule has 168 valence electrons. The highest BCUT2D eigenvalue weighted by atomic mass is 16.6. The van der Waals surface area contributed by atoms with Gasteiger partial charge in [-0.25, -0.2) is 0 Å². The first-order valence-corrected chi connectivity index (χ1v) is 10.7. The van der Waals surface area contributed by atoms with Gasteiger partial charge < -0.3 is 29.9 Å². The molecule has 1 aliphatic heterocycles. The van der Waals surface area contributed by atoms with Gasteiger partial charge in [-0.1, -0.05) is 45.6 Å². The van der Waals surface area contributed by atoms with Crippen LogP contribution >= 0.6 is 0 Å². The third kappa shape index (κ3) is 5.34. The lowest BCUT2D eigenvalue weighted by Gasteiger charge is -2.34. The number of phenolic OH excluding ortho intramolecular Hbond substituents is 4. The van der Waals surface area contributed by atoms with E-state index in [1.807, 2.05) is 6.92 Å². The molecular formula is C24H30O7. The lowest BCUT2D eigenvalue weighted by Crippen LogP contribution is -2.36. The zero-order valence-electron chi connectivity index (χ0n) is 17.9. The molecule has 0 aromatic heterocycles. The number of hydrogen-bond acceptors (Lipinski definition) is 7. The van der Waals surface area contributed by atoms with Crippen LogP contribution < -0.4 is 4.74 Å². The van der Waals surface area contributed by atoms with Crippen molar-refractivity contribution in [3.05, 3.63) is 41.5 Å². The summed E-state index contributed by atoms with van der Waals surface area (Å²) in [5, 5.41) is 39.6. The summed E-state index contributed by atoms with van der Waals surface area (Å²) in [5.74, 6) is -1.24. The van der Waals surface area contributed by atoms with Gasteiger partial charge in [-0.2, -0.15) is 0 Å². The normalized spacial score (nSPS) is 18.6. The first-order chi connectivity index (χ1) is 14.8. The standard InChI is InChI=1S/C24H30O7/c1-3-4-5-6-7-14(2)24(29)31-22-13-17-19(27)11-16(25)12-21(17)30-23(22)15-8-9-18(26)20(28)10-15/h8-12,14,22-23,25-28H,3-7,13H2,1-2H3/t14-,22-,23+/m0/s1. The highest BCUT2D eigenvalue weighted by molar-refractivity contribution is 5.72. The van der Waals surface area contributed by atoms with Crippen LogP contribution in [0.1, 0.15) is 63.2 Å². The van der Waals surface area contributed by atoms with Gasteiger partial charge in [0.1, 0.15) is 23.4 Å². The molecule has 3 atom stereocenters. The highest BCUT2D eigenvalue weighted by Gasteiger charge is 2.37. The smallest absolute Gasteiger partial charge is 0.309 e. The Hall–Kier alpha value is -3.09. The van der Waals surface area contributed by atoms with Crippen LogP contribution in [0.2, 0.25) is 0 Å². The molecule has 1 heterocycles. The molecule has 0 aliphatic carbocycles. The third-order valence-corrected chi connectivity index (χ3v) is 5.66. The molecule has 0 radical (unpaired) electrons. The predicted molar refractivity (Wildman–Crippen MR) is 114 cm³/mol. The second-order valence-corrected chi connectivity index (χ2v) is 8.16. The molecule has 0 bridgehead atoms. The Balaban J connectivity index is 1.83. The molecule has 7 heteroatoms. The Morgan fingerprint density at radius 1 is 1.06 bits per heavy atom. The molecule has 0 fully saturated rings. The van der Waals surface area contributed by atoms with Crippen LogP contribution in [0.25, 0.3) is 0 Å². The van der Waals surface area contributed by atoms with Crippen molar-refractivity contribution in [2.45, 2.75) is 64.6 Å². The fraction of sp³-hybridized carbons (Fsp3) is 0.458. The lowest BCUT2D eigenvalue weighted by atomic mass is 9.93. The predicted octanol–water partition coefficient (Wildman–Crippen LogP) is 4.70. The maximum Gasteiger partial charge on any atom is 0.309 e. The number of unbranched alkanes of at least 4 members (excludes halogenated alkanes) is 3. The van der Waals surface area contributed by atoms with Gasteiger partial charge in [0.2, 0.25) is 0 Å². The largest absolute Gasteiger partial charge is 0.508 e. The molecule has 31 heavy (non-hydrogen) atoms. The van der Waals surface area contributed by atoms with Crippen molar-refractivity contribution < 1.29 is 34.7 Å². The van der Waals surface area contributed by atoms with E-state index < -0.39 is 12.2 Å². The minimum atomic E-state index is -0.781. The van der Waals surface area contributed by atoms with Crippen LogP contribution in [0.3, 0.4) is 0 Å². The average Bonchev–Trinajstić information content (AvgIpc) is 2.73. The van der Waals surface area contributed by atoms with E-state index >= 15 is 0 Å². The van der Waals surface area contributed by atoms with Crippen molar-refractivity contribution in [1.29, 1.82) is 0 Å². The summed E-state index contributed by atoms with van der Waals surface area (Å²) in [5.41, 5.74) is 0.933. The van der Waals surface area contributed by atoms with Crippen molar-refractivity contribution in [1.82, 2.24) is 0 Å². The molecule has 7 nitrogen and oxygen atoms in total. The summed E-state index contributed by atoms with van der Waals surface area (Å²) in [6, 6.07) is 6.85. The van der Waals surface area contributed by atoms with Gasteiger partial charge in [-0.05, 0) is 18.6 Å². The summed E-state index contributed by atoms with van der Waals surface area (Å²) in [4.78, 5) is 12.8. The molecular weight excluding hydrogens is 400 g/mol. The molecule has 0 amide bonds. The second-order valence-electron chi connectivity index (χ2n) is 8.16. The molecule has 0 saturated heterocycles. The molecule has 1 aliphatic rings. The van der Waals surface area contributed by atoms with E-state index in [9.17, 15) is 25.2 Å². The Bertz CT molecular complexity index is 924. The molecule has 3 rings (SSSR count). The van der Waals surface area contributed by atoms with Crippen LogP contribution in [0.4, 0.5) is 0 Å². The van der Waals surface area contributed by atoms with Crippen molar-refractivity contribution in [3.8, 4) is 28.7 Å². The first-order valence-electron chi connectivity index (χ1n) is 10.7. The Labute approximate surface area is 181 Å². The summed E-state index contributed by atoms with van der Waals surface area (Å²) in [6.45, 7) is 3.97. The molecule has 0 spiro atoms. The number of carbonyl (C=O) groups is 1. The summed E-state index contributed by atoms with van der Waals surface area (Å²) >= 11 is 0. The van der Waals surface area contributed by atoms with E-state index in [1.54, 1.807) is 6.07 Å². The quantitative estimate of drug-likeness (QED) is 0.272. The monoisotopic (exact) mass is 430 g/mol. The van der Waals surface area contributed by atoms with Crippen LogP contribution in [0.15, 0.2) is 30.3 Å². The molecule has 2 aromatic carbocycles. The number of aromatic hydroxyl groups is 4. The van der Waals surface area contributed by atoms with Crippen molar-refractivity contribution in [2.24, 2.45) is 5.92 Å². The number of phenols is 4. The Morgan fingerprint density at radius 2 is 1.84 bits per heavy atom. The van der Waals surface area contributed by atoms with Gasteiger partial charge in [0.15, 0.2) is 17.6 Å². The van der Waals surface area contributed by atoms with E-state index in [2.05, 4.69) is 6.92 Å². The minimum absolute atomic E-state index is 0.143. The van der Waals surface area contributed by atoms with Crippen LogP contribution in [-0.4, -0.2) is 32.5 Å². The van der Waals surface area contributed by atoms with E-state index in [0.717, 1.165) is 32.1 Å². The van der Waals surface area contributed by atoms with Gasteiger partial charge in [0, 0.05) is 29.7 Å². The van der Waals surface area contributed by atoms with Gasteiger partial charge in [-0.3, -0.25) is 4.79 Å². The number of ether oxygens (including phenoxy) is 2. The van der Waals surface area contributed by atoms with E-state index in [1.165, 1.54) is 24.3 Å². The number of carbonyl (C=O) groups excluding carboxylic acids is 1. The third-order valence-electron chi connectivity index (χ3n) is 5.66. The first kappa shape index (κ1) is 22.6. The second kappa shape index (κ2) is 9.81.